The van der Waals surface area contributed by atoms with Crippen LogP contribution in [0.4, 0.5) is 5.69 Å². The van der Waals surface area contributed by atoms with Crippen molar-refractivity contribution in [2.45, 2.75) is 32.9 Å². The number of carbonyl (C=O) groups excluding carboxylic acids is 1. The first-order valence-corrected chi connectivity index (χ1v) is 8.88. The highest BCUT2D eigenvalue weighted by atomic mass is 16.6. The number of amides is 1. The first-order valence-electron chi connectivity index (χ1n) is 8.88. The van der Waals surface area contributed by atoms with Gasteiger partial charge in [-0.3, -0.25) is 9.48 Å². The van der Waals surface area contributed by atoms with Crippen LogP contribution in [0.15, 0.2) is 23.5 Å². The molecule has 0 unspecified atom stereocenters. The number of nitrogens with zero attached hydrogens (tertiary/aromatic N) is 3. The summed E-state index contributed by atoms with van der Waals surface area (Å²) < 4.78 is 17.7. The molecule has 0 saturated carbocycles. The number of methoxy groups -OCH3 is 3. The quantitative estimate of drug-likeness (QED) is 0.782. The molecule has 0 saturated heterocycles. The average molecular weight is 388 g/mol. The molecule has 1 N–H and O–H groups in total. The van der Waals surface area contributed by atoms with E-state index >= 15 is 0 Å². The molecule has 2 heterocycles. The first-order chi connectivity index (χ1) is 13.5. The van der Waals surface area contributed by atoms with E-state index in [0.29, 0.717) is 35.1 Å². The zero-order valence-corrected chi connectivity index (χ0v) is 16.6. The summed E-state index contributed by atoms with van der Waals surface area (Å²) in [5, 5.41) is 11.3. The molecule has 9 heteroatoms. The molecular weight excluding hydrogens is 364 g/mol. The third-order valence-electron chi connectivity index (χ3n) is 4.47. The Bertz CT molecular complexity index is 881. The predicted octanol–water partition coefficient (Wildman–Crippen LogP) is 2.37. The molecule has 1 amide bonds. The van der Waals surface area contributed by atoms with Crippen LogP contribution in [0, 0.1) is 6.92 Å². The van der Waals surface area contributed by atoms with E-state index in [-0.39, 0.29) is 5.91 Å². The Labute approximate surface area is 163 Å². The Hall–Kier alpha value is -3.23. The Morgan fingerprint density at radius 3 is 2.46 bits per heavy atom. The molecule has 28 heavy (non-hydrogen) atoms. The van der Waals surface area contributed by atoms with Crippen LogP contribution in [-0.4, -0.2) is 48.8 Å². The lowest BCUT2D eigenvalue weighted by Crippen LogP contribution is -2.28. The van der Waals surface area contributed by atoms with Crippen LogP contribution in [0.3, 0.4) is 0 Å². The lowest BCUT2D eigenvalue weighted by Gasteiger charge is -2.15. The molecule has 2 aromatic rings. The Morgan fingerprint density at radius 1 is 1.25 bits per heavy atom. The van der Waals surface area contributed by atoms with Gasteiger partial charge in [-0.15, -0.1) is 0 Å². The van der Waals surface area contributed by atoms with Gasteiger partial charge in [0.25, 0.3) is 5.91 Å². The summed E-state index contributed by atoms with van der Waals surface area (Å²) in [6.45, 7) is 4.68. The molecular formula is C19H24N4O5. The van der Waals surface area contributed by atoms with Gasteiger partial charge >= 0.3 is 0 Å². The van der Waals surface area contributed by atoms with Gasteiger partial charge < -0.3 is 24.4 Å². The smallest absolute Gasteiger partial charge is 0.268 e. The van der Waals surface area contributed by atoms with Crippen molar-refractivity contribution in [3.8, 4) is 17.2 Å². The van der Waals surface area contributed by atoms with E-state index in [0.717, 1.165) is 17.8 Å². The maximum Gasteiger partial charge on any atom is 0.268 e. The second-order valence-corrected chi connectivity index (χ2v) is 6.22. The maximum absolute atomic E-state index is 12.6. The number of aryl methyl sites for hydroxylation is 2. The van der Waals surface area contributed by atoms with Crippen molar-refractivity contribution >= 4 is 17.3 Å². The second-order valence-electron chi connectivity index (χ2n) is 6.22. The van der Waals surface area contributed by atoms with Crippen LogP contribution < -0.4 is 19.5 Å². The molecule has 150 valence electrons. The summed E-state index contributed by atoms with van der Waals surface area (Å²) in [6.07, 6.45) is 1.56. The number of benzene rings is 1. The van der Waals surface area contributed by atoms with Crippen LogP contribution >= 0.6 is 0 Å². The maximum atomic E-state index is 12.6. The SMILES string of the molecule is CCn1cc(C2=NO[C@@H](C(=O)Nc3cc(OC)c(OC)c(OC)c3)C2)c(C)n1. The van der Waals surface area contributed by atoms with E-state index in [2.05, 4.69) is 15.6 Å². The van der Waals surface area contributed by atoms with E-state index < -0.39 is 6.10 Å². The molecule has 0 bridgehead atoms. The normalized spacial score (nSPS) is 15.6. The number of hydrogen-bond acceptors (Lipinski definition) is 7. The Kier molecular flexibility index (Phi) is 5.72. The van der Waals surface area contributed by atoms with Gasteiger partial charge in [0, 0.05) is 42.5 Å². The van der Waals surface area contributed by atoms with Crippen molar-refractivity contribution in [3.05, 3.63) is 29.6 Å². The minimum absolute atomic E-state index is 0.312. The fourth-order valence-corrected chi connectivity index (χ4v) is 3.02. The highest BCUT2D eigenvalue weighted by Crippen LogP contribution is 2.40. The molecule has 1 aliphatic rings. The zero-order valence-electron chi connectivity index (χ0n) is 16.6. The minimum atomic E-state index is -0.724. The summed E-state index contributed by atoms with van der Waals surface area (Å²) in [5.74, 6) is 1.04. The van der Waals surface area contributed by atoms with E-state index in [4.69, 9.17) is 19.0 Å². The van der Waals surface area contributed by atoms with Gasteiger partial charge in [0.05, 0.1) is 32.7 Å². The highest BCUT2D eigenvalue weighted by Gasteiger charge is 2.30. The fourth-order valence-electron chi connectivity index (χ4n) is 3.02. The summed E-state index contributed by atoms with van der Waals surface area (Å²) in [5.41, 5.74) is 2.97. The van der Waals surface area contributed by atoms with Gasteiger partial charge in [0.2, 0.25) is 11.9 Å². The number of aromatic nitrogens is 2. The van der Waals surface area contributed by atoms with E-state index in [1.807, 2.05) is 24.7 Å². The standard InChI is InChI=1S/C19H24N4O5/c1-6-23-10-13(11(2)21-23)14-9-17(28-22-14)19(24)20-12-7-15(25-3)18(27-5)16(8-12)26-4/h7-8,10,17H,6,9H2,1-5H3,(H,20,24)/t17-/m1/s1. The van der Waals surface area contributed by atoms with E-state index in [1.54, 1.807) is 12.1 Å². The molecule has 9 nitrogen and oxygen atoms in total. The molecule has 1 aromatic heterocycles. The largest absolute Gasteiger partial charge is 0.493 e. The monoisotopic (exact) mass is 388 g/mol. The predicted molar refractivity (Wildman–Crippen MR) is 103 cm³/mol. The van der Waals surface area contributed by atoms with Gasteiger partial charge in [-0.05, 0) is 13.8 Å². The number of carbonyl (C=O) groups is 1. The third-order valence-corrected chi connectivity index (χ3v) is 4.47. The molecule has 1 atom stereocenters. The average Bonchev–Trinajstić information content (AvgIpc) is 3.33. The van der Waals surface area contributed by atoms with Crippen LogP contribution in [0.2, 0.25) is 0 Å². The van der Waals surface area contributed by atoms with Crippen molar-refractivity contribution in [3.63, 3.8) is 0 Å². The number of hydrogen-bond donors (Lipinski definition) is 1. The van der Waals surface area contributed by atoms with Crippen molar-refractivity contribution in [1.82, 2.24) is 9.78 Å². The summed E-state index contributed by atoms with van der Waals surface area (Å²) in [4.78, 5) is 18.0. The topological polar surface area (TPSA) is 96.2 Å². The van der Waals surface area contributed by atoms with Crippen molar-refractivity contribution < 1.29 is 23.8 Å². The van der Waals surface area contributed by atoms with E-state index in [1.165, 1.54) is 21.3 Å². The number of ether oxygens (including phenoxy) is 3. The van der Waals surface area contributed by atoms with Crippen LogP contribution in [0.5, 0.6) is 17.2 Å². The van der Waals surface area contributed by atoms with Gasteiger partial charge in [0.1, 0.15) is 0 Å². The number of rotatable bonds is 7. The highest BCUT2D eigenvalue weighted by molar-refractivity contribution is 6.06. The molecule has 1 aliphatic heterocycles. The summed E-state index contributed by atoms with van der Waals surface area (Å²) >= 11 is 0. The lowest BCUT2D eigenvalue weighted by atomic mass is 10.1. The second kappa shape index (κ2) is 8.20. The third kappa shape index (κ3) is 3.73. The number of oxime groups is 1. The molecule has 0 spiro atoms. The minimum Gasteiger partial charge on any atom is -0.493 e. The molecule has 1 aromatic carbocycles. The van der Waals surface area contributed by atoms with E-state index in [9.17, 15) is 4.79 Å². The van der Waals surface area contributed by atoms with Crippen LogP contribution in [0.25, 0.3) is 0 Å². The molecule has 3 rings (SSSR count). The fraction of sp³-hybridized carbons (Fsp3) is 0.421. The summed E-state index contributed by atoms with van der Waals surface area (Å²) in [6, 6.07) is 3.32. The Morgan fingerprint density at radius 2 is 1.93 bits per heavy atom. The van der Waals surface area contributed by atoms with Crippen molar-refractivity contribution in [2.24, 2.45) is 5.16 Å². The van der Waals surface area contributed by atoms with Crippen molar-refractivity contribution in [1.29, 1.82) is 0 Å². The molecule has 0 aliphatic carbocycles. The Balaban J connectivity index is 1.72. The summed E-state index contributed by atoms with van der Waals surface area (Å²) in [7, 11) is 4.55. The molecule has 0 fully saturated rings. The van der Waals surface area contributed by atoms with Crippen molar-refractivity contribution in [2.75, 3.05) is 26.6 Å². The van der Waals surface area contributed by atoms with Crippen LogP contribution in [0.1, 0.15) is 24.6 Å². The lowest BCUT2D eigenvalue weighted by molar-refractivity contribution is -0.125. The van der Waals surface area contributed by atoms with Gasteiger partial charge in [0.15, 0.2) is 11.5 Å². The zero-order chi connectivity index (χ0) is 20.3. The van der Waals surface area contributed by atoms with Gasteiger partial charge in [-0.25, -0.2) is 0 Å². The van der Waals surface area contributed by atoms with Gasteiger partial charge in [-0.1, -0.05) is 5.16 Å². The molecule has 0 radical (unpaired) electrons. The number of anilines is 1. The van der Waals surface area contributed by atoms with Gasteiger partial charge in [-0.2, -0.15) is 5.10 Å². The van der Waals surface area contributed by atoms with Crippen LogP contribution in [-0.2, 0) is 16.2 Å². The number of nitrogens with one attached hydrogen (secondary N) is 1. The first kappa shape index (κ1) is 19.5.